The molecule has 0 aromatic rings. The standard InChI is InChI=1S/C46H70O3/c1-3-5-6-7-8-9-10-11-12-13-14-15-16-17-18-19-20-21-22-23-27-30-35-40-45(48)42-37-32-33-38-43-46(49)41-36-31-28-25-24-26-29-34-39-44(47)4-2/h1-2,5-6,21-22,34-35,39-40,44-49H,7-20,23-33,37,42H2/b6-5-,22-21-,39-34+,40-35+/t44-,45+,46+/m0/s1. The van der Waals surface area contributed by atoms with Crippen LogP contribution in [0.3, 0.4) is 0 Å². The lowest BCUT2D eigenvalue weighted by Gasteiger charge is -2.03. The average Bonchev–Trinajstić information content (AvgIpc) is 3.10. The highest BCUT2D eigenvalue weighted by Crippen LogP contribution is 2.14. The van der Waals surface area contributed by atoms with E-state index >= 15 is 0 Å². The highest BCUT2D eigenvalue weighted by molar-refractivity contribution is 5.19. The number of aliphatic hydroxyl groups is 3. The van der Waals surface area contributed by atoms with Crippen LogP contribution in [0.15, 0.2) is 48.6 Å². The van der Waals surface area contributed by atoms with Gasteiger partial charge in [0.2, 0.25) is 0 Å². The zero-order chi connectivity index (χ0) is 35.7. The van der Waals surface area contributed by atoms with Crippen molar-refractivity contribution < 1.29 is 15.3 Å². The van der Waals surface area contributed by atoms with Gasteiger partial charge in [-0.05, 0) is 95.6 Å². The molecular formula is C46H70O3. The summed E-state index contributed by atoms with van der Waals surface area (Å²) in [5.74, 6) is 16.5. The van der Waals surface area contributed by atoms with Crippen LogP contribution in [0.2, 0.25) is 0 Å². The quantitative estimate of drug-likeness (QED) is 0.0391. The molecule has 0 radical (unpaired) electrons. The van der Waals surface area contributed by atoms with Gasteiger partial charge in [0.15, 0.2) is 6.10 Å². The Morgan fingerprint density at radius 2 is 0.878 bits per heavy atom. The van der Waals surface area contributed by atoms with Crippen molar-refractivity contribution in [1.82, 2.24) is 0 Å². The second kappa shape index (κ2) is 39.5. The van der Waals surface area contributed by atoms with E-state index in [1.807, 2.05) is 18.2 Å². The van der Waals surface area contributed by atoms with Gasteiger partial charge in [-0.3, -0.25) is 0 Å². The molecular weight excluding hydrogens is 601 g/mol. The molecule has 49 heavy (non-hydrogen) atoms. The van der Waals surface area contributed by atoms with Crippen molar-refractivity contribution in [3.05, 3.63) is 48.6 Å². The van der Waals surface area contributed by atoms with E-state index in [2.05, 4.69) is 59.8 Å². The summed E-state index contributed by atoms with van der Waals surface area (Å²) in [7, 11) is 0. The van der Waals surface area contributed by atoms with Gasteiger partial charge in [0.05, 0.1) is 6.10 Å². The van der Waals surface area contributed by atoms with E-state index in [4.69, 9.17) is 12.8 Å². The van der Waals surface area contributed by atoms with E-state index in [1.54, 1.807) is 6.08 Å². The van der Waals surface area contributed by atoms with Gasteiger partial charge in [0.25, 0.3) is 0 Å². The molecule has 0 fully saturated rings. The minimum atomic E-state index is -0.884. The Kier molecular flexibility index (Phi) is 37.2. The SMILES string of the molecule is C#C/C=C\CCCCCCCCCCCCCC/C=C\CCC/C=C/[C@@H](O)CCCCC#C[C@H](O)C#CCCCCCC/C=C/[C@@H](O)C#C. The van der Waals surface area contributed by atoms with Crippen molar-refractivity contribution in [3.63, 3.8) is 0 Å². The zero-order valence-corrected chi connectivity index (χ0v) is 30.9. The lowest BCUT2D eigenvalue weighted by Crippen LogP contribution is -2.01. The van der Waals surface area contributed by atoms with E-state index in [9.17, 15) is 15.3 Å². The summed E-state index contributed by atoms with van der Waals surface area (Å²) in [6.45, 7) is 0. The molecule has 0 aromatic heterocycles. The molecule has 0 unspecified atom stereocenters. The smallest absolute Gasteiger partial charge is 0.176 e. The van der Waals surface area contributed by atoms with Crippen LogP contribution in [0.25, 0.3) is 0 Å². The van der Waals surface area contributed by atoms with Gasteiger partial charge >= 0.3 is 0 Å². The maximum Gasteiger partial charge on any atom is 0.176 e. The van der Waals surface area contributed by atoms with Crippen molar-refractivity contribution >= 4 is 0 Å². The number of terminal acetylenes is 2. The van der Waals surface area contributed by atoms with Gasteiger partial charge in [0.1, 0.15) is 6.10 Å². The summed E-state index contributed by atoms with van der Waals surface area (Å²) in [5, 5.41) is 29.3. The monoisotopic (exact) mass is 671 g/mol. The fourth-order valence-electron chi connectivity index (χ4n) is 5.43. The molecule has 0 amide bonds. The molecule has 0 aliphatic carbocycles. The Labute approximate surface area is 303 Å². The Morgan fingerprint density at radius 1 is 0.449 bits per heavy atom. The van der Waals surface area contributed by atoms with Crippen LogP contribution in [0, 0.1) is 48.4 Å². The van der Waals surface area contributed by atoms with Gasteiger partial charge in [-0.25, -0.2) is 0 Å². The largest absolute Gasteiger partial charge is 0.389 e. The van der Waals surface area contributed by atoms with Crippen molar-refractivity contribution in [3.8, 4) is 48.4 Å². The molecule has 0 saturated carbocycles. The predicted octanol–water partition coefficient (Wildman–Crippen LogP) is 11.1. The van der Waals surface area contributed by atoms with Gasteiger partial charge in [-0.15, -0.1) is 12.8 Å². The molecule has 0 saturated heterocycles. The Hall–Kier alpha value is -2.92. The van der Waals surface area contributed by atoms with Crippen molar-refractivity contribution in [2.24, 2.45) is 0 Å². The topological polar surface area (TPSA) is 60.7 Å². The average molecular weight is 671 g/mol. The number of hydrogen-bond donors (Lipinski definition) is 3. The van der Waals surface area contributed by atoms with Gasteiger partial charge in [-0.1, -0.05) is 149 Å². The second-order valence-electron chi connectivity index (χ2n) is 13.1. The van der Waals surface area contributed by atoms with Crippen molar-refractivity contribution in [2.45, 2.75) is 192 Å². The van der Waals surface area contributed by atoms with Crippen LogP contribution in [0.1, 0.15) is 173 Å². The van der Waals surface area contributed by atoms with Gasteiger partial charge in [0, 0.05) is 12.8 Å². The normalized spacial score (nSPS) is 13.2. The molecule has 0 bridgehead atoms. The summed E-state index contributed by atoms with van der Waals surface area (Å²) < 4.78 is 0. The molecule has 0 aliphatic heterocycles. The maximum absolute atomic E-state index is 10.2. The highest BCUT2D eigenvalue weighted by atomic mass is 16.3. The molecule has 3 atom stereocenters. The number of allylic oxidation sites excluding steroid dienone is 6. The lowest BCUT2D eigenvalue weighted by molar-refractivity contribution is 0.208. The van der Waals surface area contributed by atoms with E-state index in [0.717, 1.165) is 83.5 Å². The van der Waals surface area contributed by atoms with Gasteiger partial charge < -0.3 is 15.3 Å². The minimum Gasteiger partial charge on any atom is -0.389 e. The van der Waals surface area contributed by atoms with Crippen LogP contribution < -0.4 is 0 Å². The molecule has 0 spiro atoms. The molecule has 0 rings (SSSR count). The Morgan fingerprint density at radius 3 is 1.43 bits per heavy atom. The minimum absolute atomic E-state index is 0.388. The fourth-order valence-corrected chi connectivity index (χ4v) is 5.43. The fraction of sp³-hybridized carbons (Fsp3) is 0.652. The van der Waals surface area contributed by atoms with Crippen LogP contribution in [0.4, 0.5) is 0 Å². The number of aliphatic hydroxyl groups excluding tert-OH is 3. The number of hydrogen-bond acceptors (Lipinski definition) is 3. The van der Waals surface area contributed by atoms with Crippen LogP contribution in [-0.2, 0) is 0 Å². The molecule has 272 valence electrons. The van der Waals surface area contributed by atoms with Crippen LogP contribution >= 0.6 is 0 Å². The predicted molar refractivity (Wildman–Crippen MR) is 212 cm³/mol. The summed E-state index contributed by atoms with van der Waals surface area (Å²) >= 11 is 0. The van der Waals surface area contributed by atoms with E-state index in [1.165, 1.54) is 83.5 Å². The summed E-state index contributed by atoms with van der Waals surface area (Å²) in [4.78, 5) is 0. The molecule has 3 nitrogen and oxygen atoms in total. The first kappa shape index (κ1) is 46.1. The first-order valence-corrected chi connectivity index (χ1v) is 19.7. The number of rotatable bonds is 31. The second-order valence-corrected chi connectivity index (χ2v) is 13.1. The van der Waals surface area contributed by atoms with E-state index < -0.39 is 12.2 Å². The maximum atomic E-state index is 10.2. The third-order valence-corrected chi connectivity index (χ3v) is 8.41. The van der Waals surface area contributed by atoms with E-state index in [-0.39, 0.29) is 6.10 Å². The Bertz CT molecular complexity index is 1060. The summed E-state index contributed by atoms with van der Waals surface area (Å²) in [6, 6.07) is 0. The van der Waals surface area contributed by atoms with E-state index in [0.29, 0.717) is 6.42 Å². The zero-order valence-electron chi connectivity index (χ0n) is 30.9. The molecule has 0 aromatic carbocycles. The Balaban J connectivity index is 3.52. The van der Waals surface area contributed by atoms with Gasteiger partial charge in [-0.2, -0.15) is 0 Å². The molecule has 0 aliphatic rings. The van der Waals surface area contributed by atoms with Crippen LogP contribution in [0.5, 0.6) is 0 Å². The molecule has 3 N–H and O–H groups in total. The first-order chi connectivity index (χ1) is 24.1. The first-order valence-electron chi connectivity index (χ1n) is 19.7. The molecule has 3 heteroatoms. The third-order valence-electron chi connectivity index (χ3n) is 8.41. The third kappa shape index (κ3) is 39.4. The van der Waals surface area contributed by atoms with Crippen molar-refractivity contribution in [1.29, 1.82) is 0 Å². The molecule has 0 heterocycles. The summed E-state index contributed by atoms with van der Waals surface area (Å²) in [6.07, 6.45) is 55.7. The van der Waals surface area contributed by atoms with Crippen LogP contribution in [-0.4, -0.2) is 33.6 Å². The lowest BCUT2D eigenvalue weighted by atomic mass is 10.0. The van der Waals surface area contributed by atoms with Crippen molar-refractivity contribution in [2.75, 3.05) is 0 Å². The highest BCUT2D eigenvalue weighted by Gasteiger charge is 1.99. The summed E-state index contributed by atoms with van der Waals surface area (Å²) in [5.41, 5.74) is 0. The number of unbranched alkanes of at least 4 members (excludes halogenated alkanes) is 22.